The molecule has 1 aliphatic heterocycles. The second-order valence-electron chi connectivity index (χ2n) is 6.87. The third-order valence-corrected chi connectivity index (χ3v) is 4.85. The van der Waals surface area contributed by atoms with Crippen molar-refractivity contribution in [1.82, 2.24) is 10.7 Å². The highest BCUT2D eigenvalue weighted by Gasteiger charge is 2.19. The summed E-state index contributed by atoms with van der Waals surface area (Å²) in [6.45, 7) is 1.36. The molecule has 0 saturated carbocycles. The number of hydrogen-bond donors (Lipinski definition) is 2. The molecule has 2 N–H and O–H groups in total. The number of nitrogens with zero attached hydrogens (tertiary/aromatic N) is 1. The van der Waals surface area contributed by atoms with Gasteiger partial charge in [-0.05, 0) is 54.3 Å². The molecule has 8 nitrogen and oxygen atoms in total. The van der Waals surface area contributed by atoms with Crippen LogP contribution in [0.5, 0.6) is 11.5 Å². The average molecular weight is 446 g/mol. The van der Waals surface area contributed by atoms with Crippen LogP contribution >= 0.6 is 11.6 Å². The molecule has 31 heavy (non-hydrogen) atoms. The van der Waals surface area contributed by atoms with E-state index in [0.717, 1.165) is 18.4 Å². The van der Waals surface area contributed by atoms with E-state index in [1.807, 2.05) is 12.1 Å². The first-order valence-electron chi connectivity index (χ1n) is 9.83. The van der Waals surface area contributed by atoms with E-state index in [2.05, 4.69) is 15.8 Å². The zero-order valence-corrected chi connectivity index (χ0v) is 17.9. The minimum Gasteiger partial charge on any atom is -0.493 e. The third kappa shape index (κ3) is 6.97. The fourth-order valence-electron chi connectivity index (χ4n) is 2.93. The number of nitrogens with one attached hydrogen (secondary N) is 2. The van der Waals surface area contributed by atoms with Crippen molar-refractivity contribution in [2.45, 2.75) is 25.6 Å². The largest absolute Gasteiger partial charge is 0.493 e. The van der Waals surface area contributed by atoms with Crippen LogP contribution in [0.15, 0.2) is 47.6 Å². The van der Waals surface area contributed by atoms with Gasteiger partial charge in [-0.25, -0.2) is 5.43 Å². The Bertz CT molecular complexity index is 927. The minimum absolute atomic E-state index is 0.0341. The van der Waals surface area contributed by atoms with Crippen LogP contribution in [0.25, 0.3) is 0 Å². The smallest absolute Gasteiger partial charge is 0.329 e. The maximum atomic E-state index is 11.8. The summed E-state index contributed by atoms with van der Waals surface area (Å²) in [6, 6.07) is 12.6. The van der Waals surface area contributed by atoms with Crippen molar-refractivity contribution in [3.63, 3.8) is 0 Å². The van der Waals surface area contributed by atoms with Crippen LogP contribution in [0.1, 0.15) is 24.0 Å². The molecule has 1 aliphatic rings. The van der Waals surface area contributed by atoms with Gasteiger partial charge in [0.2, 0.25) is 0 Å². The lowest BCUT2D eigenvalue weighted by molar-refractivity contribution is -0.139. The number of benzene rings is 2. The Labute approximate surface area is 185 Å². The van der Waals surface area contributed by atoms with Crippen LogP contribution in [0, 0.1) is 0 Å². The quantitative estimate of drug-likeness (QED) is 0.370. The van der Waals surface area contributed by atoms with Gasteiger partial charge in [0.1, 0.15) is 6.61 Å². The molecule has 9 heteroatoms. The predicted molar refractivity (Wildman–Crippen MR) is 116 cm³/mol. The molecule has 1 saturated heterocycles. The van der Waals surface area contributed by atoms with Crippen molar-refractivity contribution in [2.75, 3.05) is 20.3 Å². The van der Waals surface area contributed by atoms with Crippen LogP contribution in [-0.2, 0) is 20.9 Å². The normalized spacial score (nSPS) is 15.6. The minimum atomic E-state index is -0.843. The summed E-state index contributed by atoms with van der Waals surface area (Å²) in [7, 11) is 1.53. The molecule has 2 amide bonds. The van der Waals surface area contributed by atoms with Crippen molar-refractivity contribution in [1.29, 1.82) is 0 Å². The number of hydrazone groups is 1. The number of hydrogen-bond acceptors (Lipinski definition) is 6. The van der Waals surface area contributed by atoms with E-state index in [-0.39, 0.29) is 6.10 Å². The zero-order valence-electron chi connectivity index (χ0n) is 17.1. The number of ether oxygens (including phenoxy) is 3. The highest BCUT2D eigenvalue weighted by molar-refractivity contribution is 6.35. The lowest BCUT2D eigenvalue weighted by Gasteiger charge is -2.11. The lowest BCUT2D eigenvalue weighted by atomic mass is 10.2. The Kier molecular flexibility index (Phi) is 8.26. The first kappa shape index (κ1) is 22.6. The summed E-state index contributed by atoms with van der Waals surface area (Å²) >= 11 is 5.89. The number of halogens is 1. The Morgan fingerprint density at radius 3 is 2.71 bits per heavy atom. The zero-order chi connectivity index (χ0) is 22.1. The van der Waals surface area contributed by atoms with E-state index >= 15 is 0 Å². The number of amides is 2. The fraction of sp³-hybridized carbons (Fsp3) is 0.318. The second-order valence-corrected chi connectivity index (χ2v) is 7.31. The number of carbonyl (C=O) groups is 2. The summed E-state index contributed by atoms with van der Waals surface area (Å²) < 4.78 is 16.6. The summed E-state index contributed by atoms with van der Waals surface area (Å²) in [5.41, 5.74) is 3.84. The molecule has 1 fully saturated rings. The summed E-state index contributed by atoms with van der Waals surface area (Å²) in [4.78, 5) is 23.6. The molecule has 0 bridgehead atoms. The fourth-order valence-corrected chi connectivity index (χ4v) is 3.06. The van der Waals surface area contributed by atoms with E-state index < -0.39 is 11.8 Å². The van der Waals surface area contributed by atoms with Crippen LogP contribution < -0.4 is 20.2 Å². The molecule has 2 aromatic carbocycles. The van der Waals surface area contributed by atoms with E-state index in [1.54, 1.807) is 30.3 Å². The Morgan fingerprint density at radius 2 is 2.00 bits per heavy atom. The van der Waals surface area contributed by atoms with Crippen molar-refractivity contribution < 1.29 is 23.8 Å². The van der Waals surface area contributed by atoms with Gasteiger partial charge in [-0.15, -0.1) is 0 Å². The monoisotopic (exact) mass is 445 g/mol. The van der Waals surface area contributed by atoms with Gasteiger partial charge in [0.15, 0.2) is 11.5 Å². The van der Waals surface area contributed by atoms with Gasteiger partial charge in [0, 0.05) is 18.2 Å². The molecule has 0 aromatic heterocycles. The molecule has 0 aliphatic carbocycles. The van der Waals surface area contributed by atoms with Gasteiger partial charge in [-0.2, -0.15) is 5.10 Å². The molecule has 0 unspecified atom stereocenters. The van der Waals surface area contributed by atoms with Crippen LogP contribution in [0.4, 0.5) is 0 Å². The molecule has 1 atom stereocenters. The van der Waals surface area contributed by atoms with Crippen molar-refractivity contribution in [3.8, 4) is 11.5 Å². The van der Waals surface area contributed by atoms with Gasteiger partial charge in [-0.1, -0.05) is 23.7 Å². The van der Waals surface area contributed by atoms with Crippen molar-refractivity contribution >= 4 is 29.6 Å². The first-order chi connectivity index (χ1) is 15.0. The van der Waals surface area contributed by atoms with Crippen LogP contribution in [-0.4, -0.2) is 44.4 Å². The molecular formula is C22H24ClN3O5. The molecule has 2 aromatic rings. The second kappa shape index (κ2) is 11.3. The van der Waals surface area contributed by atoms with Crippen molar-refractivity contribution in [2.24, 2.45) is 5.10 Å². The Hall–Kier alpha value is -3.10. The molecule has 0 spiro atoms. The van der Waals surface area contributed by atoms with Gasteiger partial charge in [0.05, 0.1) is 19.4 Å². The summed E-state index contributed by atoms with van der Waals surface area (Å²) in [6.07, 6.45) is 3.22. The van der Waals surface area contributed by atoms with Crippen LogP contribution in [0.3, 0.4) is 0 Å². The highest BCUT2D eigenvalue weighted by Crippen LogP contribution is 2.28. The van der Waals surface area contributed by atoms with Gasteiger partial charge in [0.25, 0.3) is 0 Å². The van der Waals surface area contributed by atoms with Crippen molar-refractivity contribution in [3.05, 3.63) is 58.6 Å². The van der Waals surface area contributed by atoms with E-state index in [0.29, 0.717) is 41.8 Å². The molecular weight excluding hydrogens is 422 g/mol. The van der Waals surface area contributed by atoms with E-state index in [9.17, 15) is 9.59 Å². The van der Waals surface area contributed by atoms with Gasteiger partial charge in [-0.3, -0.25) is 9.59 Å². The highest BCUT2D eigenvalue weighted by atomic mass is 35.5. The third-order valence-electron chi connectivity index (χ3n) is 4.60. The number of carbonyl (C=O) groups excluding carboxylic acids is 2. The maximum Gasteiger partial charge on any atom is 0.329 e. The number of methoxy groups -OCH3 is 1. The lowest BCUT2D eigenvalue weighted by Crippen LogP contribution is -2.41. The van der Waals surface area contributed by atoms with E-state index in [1.165, 1.54) is 13.3 Å². The maximum absolute atomic E-state index is 11.8. The SMILES string of the molecule is COc1cc(/C=N\NC(=O)C(=O)NC[C@@H]2CCCO2)ccc1OCc1ccc(Cl)cc1. The molecule has 0 radical (unpaired) electrons. The van der Waals surface area contributed by atoms with Gasteiger partial charge < -0.3 is 19.5 Å². The first-order valence-corrected chi connectivity index (χ1v) is 10.2. The molecule has 1 heterocycles. The summed E-state index contributed by atoms with van der Waals surface area (Å²) in [5, 5.41) is 7.02. The Balaban J connectivity index is 1.50. The number of rotatable bonds is 8. The van der Waals surface area contributed by atoms with Gasteiger partial charge >= 0.3 is 11.8 Å². The molecule has 164 valence electrons. The van der Waals surface area contributed by atoms with Crippen LogP contribution in [0.2, 0.25) is 5.02 Å². The summed E-state index contributed by atoms with van der Waals surface area (Å²) in [5.74, 6) is -0.522. The Morgan fingerprint density at radius 1 is 1.19 bits per heavy atom. The average Bonchev–Trinajstić information content (AvgIpc) is 3.31. The predicted octanol–water partition coefficient (Wildman–Crippen LogP) is 2.67. The topological polar surface area (TPSA) is 98.2 Å². The standard InChI is InChI=1S/C22H24ClN3O5/c1-29-20-11-16(6-9-19(20)31-14-15-4-7-17(23)8-5-15)12-25-26-22(28)21(27)24-13-18-3-2-10-30-18/h4-9,11-12,18H,2-3,10,13-14H2,1H3,(H,24,27)(H,26,28)/b25-12-/t18-/m0/s1. The molecule has 3 rings (SSSR count). The van der Waals surface area contributed by atoms with E-state index in [4.69, 9.17) is 25.8 Å².